The van der Waals surface area contributed by atoms with Gasteiger partial charge in [-0.15, -0.1) is 0 Å². The van der Waals surface area contributed by atoms with E-state index >= 15 is 0 Å². The van der Waals surface area contributed by atoms with Crippen LogP contribution in [0, 0.1) is 0 Å². The Kier molecular flexibility index (Phi) is 23.1. The van der Waals surface area contributed by atoms with E-state index in [1.807, 2.05) is 0 Å². The van der Waals surface area contributed by atoms with Gasteiger partial charge < -0.3 is 10.2 Å². The van der Waals surface area contributed by atoms with E-state index in [1.54, 1.807) is 0 Å². The molecule has 0 saturated carbocycles. The summed E-state index contributed by atoms with van der Waals surface area (Å²) in [6, 6.07) is 0.237. The largest absolute Gasteiger partial charge is 0.395 e. The number of aliphatic hydroxyl groups excluding tert-OH is 2. The molecule has 0 radical (unpaired) electrons. The minimum atomic E-state index is 0.196. The molecule has 0 rings (SSSR count). The van der Waals surface area contributed by atoms with Crippen molar-refractivity contribution in [3.63, 3.8) is 0 Å². The predicted octanol–water partition coefficient (Wildman–Crippen LogP) is 6.70. The second-order valence-electron chi connectivity index (χ2n) is 8.69. The lowest BCUT2D eigenvalue weighted by Gasteiger charge is -2.30. The van der Waals surface area contributed by atoms with Gasteiger partial charge >= 0.3 is 0 Å². The van der Waals surface area contributed by atoms with Gasteiger partial charge in [-0.3, -0.25) is 4.90 Å². The molecule has 0 spiro atoms. The molecule has 170 valence electrons. The Morgan fingerprint density at radius 2 is 0.964 bits per heavy atom. The molecule has 2 N–H and O–H groups in total. The molecule has 1 unspecified atom stereocenters. The van der Waals surface area contributed by atoms with Crippen molar-refractivity contribution in [2.24, 2.45) is 0 Å². The summed E-state index contributed by atoms with van der Waals surface area (Å²) in [5, 5.41) is 19.1. The lowest BCUT2D eigenvalue weighted by Crippen LogP contribution is -2.40. The highest BCUT2D eigenvalue weighted by atomic mass is 16.3. The first-order valence-electron chi connectivity index (χ1n) is 12.8. The first kappa shape index (κ1) is 27.9. The van der Waals surface area contributed by atoms with E-state index in [0.29, 0.717) is 6.54 Å². The van der Waals surface area contributed by atoms with Crippen molar-refractivity contribution < 1.29 is 10.2 Å². The molecular formula is C25H53NO2. The Labute approximate surface area is 177 Å². The van der Waals surface area contributed by atoms with E-state index in [9.17, 15) is 10.2 Å². The van der Waals surface area contributed by atoms with Crippen molar-refractivity contribution in [2.45, 2.75) is 135 Å². The fourth-order valence-electron chi connectivity index (χ4n) is 4.13. The molecule has 0 aromatic rings. The van der Waals surface area contributed by atoms with Crippen molar-refractivity contribution in [2.75, 3.05) is 26.3 Å². The third kappa shape index (κ3) is 17.9. The van der Waals surface area contributed by atoms with Gasteiger partial charge in [0.25, 0.3) is 0 Å². The van der Waals surface area contributed by atoms with Gasteiger partial charge in [0, 0.05) is 12.6 Å². The van der Waals surface area contributed by atoms with E-state index < -0.39 is 0 Å². The van der Waals surface area contributed by atoms with Crippen molar-refractivity contribution in [3.05, 3.63) is 0 Å². The van der Waals surface area contributed by atoms with Crippen molar-refractivity contribution in [3.8, 4) is 0 Å². The normalized spacial score (nSPS) is 12.8. The van der Waals surface area contributed by atoms with Crippen LogP contribution in [0.4, 0.5) is 0 Å². The average Bonchev–Trinajstić information content (AvgIpc) is 2.71. The van der Waals surface area contributed by atoms with Gasteiger partial charge in [-0.25, -0.2) is 0 Å². The molecule has 0 aliphatic rings. The predicted molar refractivity (Wildman–Crippen MR) is 124 cm³/mol. The second kappa shape index (κ2) is 23.2. The fourth-order valence-corrected chi connectivity index (χ4v) is 4.13. The lowest BCUT2D eigenvalue weighted by atomic mass is 10.0. The molecule has 0 bridgehead atoms. The Morgan fingerprint density at radius 3 is 1.39 bits per heavy atom. The van der Waals surface area contributed by atoms with Crippen LogP contribution in [0.3, 0.4) is 0 Å². The van der Waals surface area contributed by atoms with Gasteiger partial charge in [0.2, 0.25) is 0 Å². The Bertz CT molecular complexity index is 286. The van der Waals surface area contributed by atoms with E-state index in [-0.39, 0.29) is 19.3 Å². The Morgan fingerprint density at radius 1 is 0.536 bits per heavy atom. The number of hydrogen-bond acceptors (Lipinski definition) is 3. The molecular weight excluding hydrogens is 346 g/mol. The molecule has 0 aliphatic heterocycles. The zero-order valence-electron chi connectivity index (χ0n) is 19.5. The van der Waals surface area contributed by atoms with Gasteiger partial charge in [0.1, 0.15) is 0 Å². The monoisotopic (exact) mass is 399 g/mol. The van der Waals surface area contributed by atoms with Crippen LogP contribution in [-0.2, 0) is 0 Å². The van der Waals surface area contributed by atoms with Crippen LogP contribution in [-0.4, -0.2) is 47.5 Å². The number of nitrogens with zero attached hydrogens (tertiary/aromatic N) is 1. The highest BCUT2D eigenvalue weighted by molar-refractivity contribution is 4.71. The van der Waals surface area contributed by atoms with Crippen LogP contribution in [0.15, 0.2) is 0 Å². The van der Waals surface area contributed by atoms with Crippen LogP contribution >= 0.6 is 0 Å². The van der Waals surface area contributed by atoms with E-state index in [4.69, 9.17) is 0 Å². The third-order valence-electron chi connectivity index (χ3n) is 6.05. The van der Waals surface area contributed by atoms with Crippen LogP contribution < -0.4 is 0 Å². The summed E-state index contributed by atoms with van der Waals surface area (Å²) < 4.78 is 0. The summed E-state index contributed by atoms with van der Waals surface area (Å²) in [4.78, 5) is 2.30. The summed E-state index contributed by atoms with van der Waals surface area (Å²) in [5.74, 6) is 0. The first-order valence-corrected chi connectivity index (χ1v) is 12.8. The summed E-state index contributed by atoms with van der Waals surface area (Å²) in [7, 11) is 0. The summed E-state index contributed by atoms with van der Waals surface area (Å²) >= 11 is 0. The van der Waals surface area contributed by atoms with Gasteiger partial charge in [-0.1, -0.05) is 117 Å². The minimum Gasteiger partial charge on any atom is -0.395 e. The molecule has 0 aromatic carbocycles. The molecule has 28 heavy (non-hydrogen) atoms. The topological polar surface area (TPSA) is 43.7 Å². The molecule has 3 nitrogen and oxygen atoms in total. The Balaban J connectivity index is 3.55. The summed E-state index contributed by atoms with van der Waals surface area (Å²) in [6.07, 6.45) is 24.1. The van der Waals surface area contributed by atoms with Crippen LogP contribution in [0.25, 0.3) is 0 Å². The zero-order chi connectivity index (χ0) is 20.7. The first-order chi connectivity index (χ1) is 13.8. The van der Waals surface area contributed by atoms with E-state index in [1.165, 1.54) is 109 Å². The molecule has 0 fully saturated rings. The summed E-state index contributed by atoms with van der Waals surface area (Å²) in [5.41, 5.74) is 0. The number of aliphatic hydroxyl groups is 2. The third-order valence-corrected chi connectivity index (χ3v) is 6.05. The molecule has 0 aliphatic carbocycles. The molecule has 1 atom stereocenters. The molecule has 0 heterocycles. The highest BCUT2D eigenvalue weighted by Gasteiger charge is 2.16. The van der Waals surface area contributed by atoms with E-state index in [2.05, 4.69) is 18.7 Å². The van der Waals surface area contributed by atoms with Gasteiger partial charge in [-0.05, 0) is 19.4 Å². The molecule has 3 heteroatoms. The number of hydrogen-bond donors (Lipinski definition) is 2. The standard InChI is InChI=1S/C25H53NO2/c1-3-5-7-8-9-10-11-12-13-14-15-16-17-18-20-25(24-28)26(22-23-27)21-19-6-4-2/h25,27-28H,3-24H2,1-2H3. The minimum absolute atomic E-state index is 0.196. The number of rotatable bonds is 23. The zero-order valence-corrected chi connectivity index (χ0v) is 19.5. The van der Waals surface area contributed by atoms with E-state index in [0.717, 1.165) is 13.0 Å². The van der Waals surface area contributed by atoms with Crippen LogP contribution in [0.5, 0.6) is 0 Å². The van der Waals surface area contributed by atoms with Crippen molar-refractivity contribution >= 4 is 0 Å². The maximum atomic E-state index is 9.76. The van der Waals surface area contributed by atoms with Gasteiger partial charge in [0.05, 0.1) is 13.2 Å². The van der Waals surface area contributed by atoms with Crippen LogP contribution in [0.1, 0.15) is 129 Å². The second-order valence-corrected chi connectivity index (χ2v) is 8.69. The Hall–Kier alpha value is -0.120. The summed E-state index contributed by atoms with van der Waals surface area (Å²) in [6.45, 7) is 6.64. The maximum absolute atomic E-state index is 9.76. The van der Waals surface area contributed by atoms with Crippen molar-refractivity contribution in [1.82, 2.24) is 4.90 Å². The SMILES string of the molecule is CCCCCCCCCCCCCCCCC(CO)N(CCO)CCCCC. The highest BCUT2D eigenvalue weighted by Crippen LogP contribution is 2.15. The fraction of sp³-hybridized carbons (Fsp3) is 1.00. The van der Waals surface area contributed by atoms with Gasteiger partial charge in [0.15, 0.2) is 0 Å². The molecule has 0 saturated heterocycles. The van der Waals surface area contributed by atoms with Crippen molar-refractivity contribution in [1.29, 1.82) is 0 Å². The molecule has 0 amide bonds. The average molecular weight is 400 g/mol. The quantitative estimate of drug-likeness (QED) is 0.188. The number of unbranched alkanes of at least 4 members (excludes halogenated alkanes) is 15. The molecule has 0 aromatic heterocycles. The van der Waals surface area contributed by atoms with Crippen LogP contribution in [0.2, 0.25) is 0 Å². The smallest absolute Gasteiger partial charge is 0.0586 e. The van der Waals surface area contributed by atoms with Gasteiger partial charge in [-0.2, -0.15) is 0 Å². The lowest BCUT2D eigenvalue weighted by molar-refractivity contribution is 0.0927. The maximum Gasteiger partial charge on any atom is 0.0586 e.